The molecule has 0 spiro atoms. The van der Waals surface area contributed by atoms with E-state index in [-0.39, 0.29) is 0 Å². The van der Waals surface area contributed by atoms with Gasteiger partial charge in [0.15, 0.2) is 0 Å². The first-order valence-electron chi connectivity index (χ1n) is 7.00. The highest BCUT2D eigenvalue weighted by Gasteiger charge is 2.14. The van der Waals surface area contributed by atoms with Crippen molar-refractivity contribution in [1.29, 1.82) is 0 Å². The maximum Gasteiger partial charge on any atom is 0.203 e. The second kappa shape index (κ2) is 5.01. The fraction of sp³-hybridized carbons (Fsp3) is 0.533. The number of nitrogens with zero attached hydrogens (tertiary/aromatic N) is 2. The maximum absolute atomic E-state index is 4.65. The van der Waals surface area contributed by atoms with Crippen molar-refractivity contribution in [3.63, 3.8) is 0 Å². The minimum atomic E-state index is 0.832. The largest absolute Gasteiger partial charge is 0.355 e. The highest BCUT2D eigenvalue weighted by Crippen LogP contribution is 2.24. The lowest BCUT2D eigenvalue weighted by Gasteiger charge is -2.21. The summed E-state index contributed by atoms with van der Waals surface area (Å²) in [7, 11) is 2.08. The Morgan fingerprint density at radius 1 is 1.22 bits per heavy atom. The second-order valence-corrected chi connectivity index (χ2v) is 5.37. The SMILES string of the molecule is Cn1c(NCC2CCCCC2)nc2ccccc21. The molecular weight excluding hydrogens is 222 g/mol. The van der Waals surface area contributed by atoms with Crippen molar-refractivity contribution in [2.75, 3.05) is 11.9 Å². The fourth-order valence-electron chi connectivity index (χ4n) is 2.93. The van der Waals surface area contributed by atoms with Crippen LogP contribution in [-0.4, -0.2) is 16.1 Å². The standard InChI is InChI=1S/C15H21N3/c1-18-14-10-6-5-9-13(14)17-15(18)16-11-12-7-3-2-4-8-12/h5-6,9-10,12H,2-4,7-8,11H2,1H3,(H,16,17). The Hall–Kier alpha value is -1.51. The van der Waals surface area contributed by atoms with E-state index in [9.17, 15) is 0 Å². The van der Waals surface area contributed by atoms with Crippen LogP contribution in [0, 0.1) is 5.92 Å². The summed E-state index contributed by atoms with van der Waals surface area (Å²) in [6.07, 6.45) is 6.96. The summed E-state index contributed by atoms with van der Waals surface area (Å²) in [5, 5.41) is 3.52. The third kappa shape index (κ3) is 2.22. The summed E-state index contributed by atoms with van der Waals surface area (Å²) in [6.45, 7) is 1.07. The zero-order chi connectivity index (χ0) is 12.4. The average Bonchev–Trinajstić information content (AvgIpc) is 2.75. The van der Waals surface area contributed by atoms with Gasteiger partial charge in [0.25, 0.3) is 0 Å². The predicted molar refractivity (Wildman–Crippen MR) is 75.8 cm³/mol. The number of aryl methyl sites for hydroxylation is 1. The van der Waals surface area contributed by atoms with Crippen molar-refractivity contribution in [3.05, 3.63) is 24.3 Å². The summed E-state index contributed by atoms with van der Waals surface area (Å²) < 4.78 is 2.15. The number of hydrogen-bond donors (Lipinski definition) is 1. The molecule has 1 saturated carbocycles. The molecular formula is C15H21N3. The van der Waals surface area contributed by atoms with Gasteiger partial charge in [-0.15, -0.1) is 0 Å². The molecule has 96 valence electrons. The number of anilines is 1. The van der Waals surface area contributed by atoms with Crippen molar-refractivity contribution >= 4 is 17.0 Å². The molecule has 0 bridgehead atoms. The topological polar surface area (TPSA) is 29.9 Å². The van der Waals surface area contributed by atoms with Crippen LogP contribution < -0.4 is 5.32 Å². The highest BCUT2D eigenvalue weighted by molar-refractivity contribution is 5.78. The Morgan fingerprint density at radius 3 is 2.78 bits per heavy atom. The van der Waals surface area contributed by atoms with Gasteiger partial charge in [-0.2, -0.15) is 0 Å². The first-order valence-corrected chi connectivity index (χ1v) is 7.00. The molecule has 0 atom stereocenters. The van der Waals surface area contributed by atoms with E-state index >= 15 is 0 Å². The number of imidazole rings is 1. The predicted octanol–water partition coefficient (Wildman–Crippen LogP) is 3.57. The Labute approximate surface area is 108 Å². The lowest BCUT2D eigenvalue weighted by molar-refractivity contribution is 0.373. The van der Waals surface area contributed by atoms with Crippen LogP contribution in [0.4, 0.5) is 5.95 Å². The van der Waals surface area contributed by atoms with Gasteiger partial charge in [0.2, 0.25) is 5.95 Å². The fourth-order valence-corrected chi connectivity index (χ4v) is 2.93. The van der Waals surface area contributed by atoms with E-state index in [1.807, 2.05) is 6.07 Å². The van der Waals surface area contributed by atoms with Crippen LogP contribution in [0.25, 0.3) is 11.0 Å². The Bertz CT molecular complexity index is 524. The lowest BCUT2D eigenvalue weighted by atomic mass is 9.89. The third-order valence-electron chi connectivity index (χ3n) is 4.06. The first kappa shape index (κ1) is 11.6. The van der Waals surface area contributed by atoms with Crippen LogP contribution in [0.5, 0.6) is 0 Å². The molecule has 0 aliphatic heterocycles. The van der Waals surface area contributed by atoms with E-state index in [0.29, 0.717) is 0 Å². The molecule has 1 aliphatic carbocycles. The number of hydrogen-bond acceptors (Lipinski definition) is 2. The van der Waals surface area contributed by atoms with E-state index in [2.05, 4.69) is 40.1 Å². The van der Waals surface area contributed by atoms with Gasteiger partial charge in [0.1, 0.15) is 0 Å². The average molecular weight is 243 g/mol. The van der Waals surface area contributed by atoms with Gasteiger partial charge in [0, 0.05) is 13.6 Å². The molecule has 1 aromatic heterocycles. The van der Waals surface area contributed by atoms with Crippen molar-refractivity contribution in [2.45, 2.75) is 32.1 Å². The maximum atomic E-state index is 4.65. The molecule has 0 saturated heterocycles. The van der Waals surface area contributed by atoms with Crippen LogP contribution >= 0.6 is 0 Å². The number of para-hydroxylation sites is 2. The van der Waals surface area contributed by atoms with Gasteiger partial charge in [-0.25, -0.2) is 4.98 Å². The quantitative estimate of drug-likeness (QED) is 0.893. The van der Waals surface area contributed by atoms with E-state index < -0.39 is 0 Å². The number of benzene rings is 1. The number of aromatic nitrogens is 2. The molecule has 0 radical (unpaired) electrons. The van der Waals surface area contributed by atoms with Crippen molar-refractivity contribution in [1.82, 2.24) is 9.55 Å². The summed E-state index contributed by atoms with van der Waals surface area (Å²) in [5.41, 5.74) is 2.27. The zero-order valence-corrected chi connectivity index (χ0v) is 11.0. The zero-order valence-electron chi connectivity index (χ0n) is 11.0. The van der Waals surface area contributed by atoms with Crippen LogP contribution in [0.3, 0.4) is 0 Å². The molecule has 0 amide bonds. The number of rotatable bonds is 3. The molecule has 1 aliphatic rings. The van der Waals surface area contributed by atoms with Gasteiger partial charge < -0.3 is 9.88 Å². The van der Waals surface area contributed by atoms with Gasteiger partial charge >= 0.3 is 0 Å². The number of nitrogens with one attached hydrogen (secondary N) is 1. The van der Waals surface area contributed by atoms with E-state index in [1.165, 1.54) is 37.6 Å². The molecule has 3 heteroatoms. The molecule has 3 nitrogen and oxygen atoms in total. The van der Waals surface area contributed by atoms with Crippen LogP contribution in [0.15, 0.2) is 24.3 Å². The van der Waals surface area contributed by atoms with Crippen LogP contribution in [0.2, 0.25) is 0 Å². The van der Waals surface area contributed by atoms with Crippen molar-refractivity contribution in [2.24, 2.45) is 13.0 Å². The van der Waals surface area contributed by atoms with Crippen LogP contribution in [-0.2, 0) is 7.05 Å². The van der Waals surface area contributed by atoms with E-state index in [0.717, 1.165) is 23.9 Å². The monoisotopic (exact) mass is 243 g/mol. The summed E-state index contributed by atoms with van der Waals surface area (Å²) in [4.78, 5) is 4.65. The number of fused-ring (bicyclic) bond motifs is 1. The Balaban J connectivity index is 1.72. The van der Waals surface area contributed by atoms with E-state index in [4.69, 9.17) is 0 Å². The summed E-state index contributed by atoms with van der Waals surface area (Å²) in [6, 6.07) is 8.30. The van der Waals surface area contributed by atoms with Gasteiger partial charge in [0.05, 0.1) is 11.0 Å². The lowest BCUT2D eigenvalue weighted by Crippen LogP contribution is -2.18. The molecule has 1 fully saturated rings. The minimum Gasteiger partial charge on any atom is -0.355 e. The first-order chi connectivity index (χ1) is 8.84. The smallest absolute Gasteiger partial charge is 0.203 e. The minimum absolute atomic E-state index is 0.832. The molecule has 1 N–H and O–H groups in total. The van der Waals surface area contributed by atoms with Gasteiger partial charge in [-0.1, -0.05) is 31.4 Å². The van der Waals surface area contributed by atoms with Gasteiger partial charge in [-0.3, -0.25) is 0 Å². The van der Waals surface area contributed by atoms with E-state index in [1.54, 1.807) is 0 Å². The molecule has 0 unspecified atom stereocenters. The molecule has 3 rings (SSSR count). The highest BCUT2D eigenvalue weighted by atomic mass is 15.2. The van der Waals surface area contributed by atoms with Crippen molar-refractivity contribution < 1.29 is 0 Å². The summed E-state index contributed by atoms with van der Waals surface area (Å²) >= 11 is 0. The Kier molecular flexibility index (Phi) is 3.22. The third-order valence-corrected chi connectivity index (χ3v) is 4.06. The second-order valence-electron chi connectivity index (χ2n) is 5.37. The normalized spacial score (nSPS) is 17.2. The molecule has 2 aromatic rings. The molecule has 1 aromatic carbocycles. The van der Waals surface area contributed by atoms with Crippen LogP contribution in [0.1, 0.15) is 32.1 Å². The molecule has 18 heavy (non-hydrogen) atoms. The van der Waals surface area contributed by atoms with Gasteiger partial charge in [-0.05, 0) is 30.9 Å². The van der Waals surface area contributed by atoms with Crippen molar-refractivity contribution in [3.8, 4) is 0 Å². The molecule has 1 heterocycles. The Morgan fingerprint density at radius 2 is 2.00 bits per heavy atom. The summed E-state index contributed by atoms with van der Waals surface area (Å²) in [5.74, 6) is 1.83.